The minimum absolute atomic E-state index is 0. The average Bonchev–Trinajstić information content (AvgIpc) is 3.06. The number of carbonyl (C=O) groups is 3. The molecule has 1 unspecified atom stereocenters. The highest BCUT2D eigenvalue weighted by Crippen LogP contribution is 2.30. The number of halogens is 1. The minimum Gasteiger partial charge on any atom is -0.288 e. The summed E-state index contributed by atoms with van der Waals surface area (Å²) in [7, 11) is 0. The van der Waals surface area contributed by atoms with E-state index in [-0.39, 0.29) is 35.5 Å². The van der Waals surface area contributed by atoms with Gasteiger partial charge in [-0.3, -0.25) is 14.4 Å². The lowest BCUT2D eigenvalue weighted by molar-refractivity contribution is -0.118. The van der Waals surface area contributed by atoms with Gasteiger partial charge in [0.2, 0.25) is 0 Å². The van der Waals surface area contributed by atoms with E-state index >= 15 is 0 Å². The number of Topliss-reactive ketones (excluding diaryl/α,β-unsaturated/α-hetero) is 2. The van der Waals surface area contributed by atoms with E-state index < -0.39 is 5.92 Å². The molecular formula is C20H15ClN2O3. The fraction of sp³-hybridized carbons (Fsp3) is 0.100. The van der Waals surface area contributed by atoms with E-state index in [1.54, 1.807) is 43.3 Å². The van der Waals surface area contributed by atoms with Gasteiger partial charge in [0.15, 0.2) is 11.6 Å². The van der Waals surface area contributed by atoms with E-state index in [1.165, 1.54) is 11.1 Å². The van der Waals surface area contributed by atoms with Crippen LogP contribution in [0.5, 0.6) is 0 Å². The maximum absolute atomic E-state index is 12.7. The van der Waals surface area contributed by atoms with Crippen molar-refractivity contribution in [3.05, 3.63) is 77.4 Å². The van der Waals surface area contributed by atoms with Gasteiger partial charge in [-0.15, -0.1) is 12.4 Å². The molecule has 0 bridgehead atoms. The van der Waals surface area contributed by atoms with E-state index in [0.717, 1.165) is 0 Å². The Kier molecular flexibility index (Phi) is 4.57. The van der Waals surface area contributed by atoms with Crippen molar-refractivity contribution in [2.75, 3.05) is 5.01 Å². The Morgan fingerprint density at radius 2 is 1.42 bits per heavy atom. The van der Waals surface area contributed by atoms with Gasteiger partial charge < -0.3 is 0 Å². The molecule has 2 aromatic carbocycles. The molecule has 0 saturated carbocycles. The number of rotatable bonds is 2. The molecule has 2 aliphatic rings. The topological polar surface area (TPSA) is 66.8 Å². The van der Waals surface area contributed by atoms with Crippen LogP contribution in [0.1, 0.15) is 27.6 Å². The van der Waals surface area contributed by atoms with Crippen molar-refractivity contribution >= 4 is 41.3 Å². The summed E-state index contributed by atoms with van der Waals surface area (Å²) in [4.78, 5) is 37.7. The molecule has 0 radical (unpaired) electrons. The number of fused-ring (bicyclic) bond motifs is 1. The summed E-state index contributed by atoms with van der Waals surface area (Å²) in [6, 6.07) is 15.8. The van der Waals surface area contributed by atoms with Crippen molar-refractivity contribution in [2.45, 2.75) is 6.92 Å². The quantitative estimate of drug-likeness (QED) is 0.604. The summed E-state index contributed by atoms with van der Waals surface area (Å²) in [6.07, 6.45) is 1.45. The molecule has 1 aliphatic heterocycles. The standard InChI is InChI=1S/C20H14N2O3.ClH/c1-12-16(20(25)22(21-12)13-7-3-2-4-8-13)11-17-18(23)14-9-5-6-10-15(14)19(17)24;/h2-11,16H,1H3;1H. The monoisotopic (exact) mass is 366 g/mol. The third-order valence-corrected chi connectivity index (χ3v) is 4.42. The van der Waals surface area contributed by atoms with Gasteiger partial charge in [0.1, 0.15) is 0 Å². The van der Waals surface area contributed by atoms with Crippen LogP contribution < -0.4 is 5.01 Å². The number of nitrogens with zero attached hydrogens (tertiary/aromatic N) is 2. The minimum atomic E-state index is -0.711. The molecule has 0 fully saturated rings. The van der Waals surface area contributed by atoms with Crippen LogP contribution in [0.15, 0.2) is 71.3 Å². The van der Waals surface area contributed by atoms with Gasteiger partial charge in [0, 0.05) is 11.1 Å². The smallest absolute Gasteiger partial charge is 0.260 e. The van der Waals surface area contributed by atoms with Crippen molar-refractivity contribution in [1.82, 2.24) is 0 Å². The average molecular weight is 367 g/mol. The summed E-state index contributed by atoms with van der Waals surface area (Å²) < 4.78 is 0. The largest absolute Gasteiger partial charge is 0.288 e. The number of para-hydroxylation sites is 1. The first kappa shape index (κ1) is 17.8. The third-order valence-electron chi connectivity index (χ3n) is 4.42. The number of ketones is 2. The van der Waals surface area contributed by atoms with Gasteiger partial charge in [-0.05, 0) is 19.1 Å². The lowest BCUT2D eigenvalue weighted by atomic mass is 9.98. The first-order valence-electron chi connectivity index (χ1n) is 7.92. The Morgan fingerprint density at radius 3 is 2.00 bits per heavy atom. The zero-order valence-electron chi connectivity index (χ0n) is 13.9. The lowest BCUT2D eigenvalue weighted by Gasteiger charge is -2.12. The van der Waals surface area contributed by atoms with Crippen LogP contribution in [-0.2, 0) is 4.79 Å². The van der Waals surface area contributed by atoms with Gasteiger partial charge in [0.05, 0.1) is 22.9 Å². The molecule has 0 N–H and O–H groups in total. The van der Waals surface area contributed by atoms with E-state index in [2.05, 4.69) is 5.10 Å². The summed E-state index contributed by atoms with van der Waals surface area (Å²) in [5, 5.41) is 5.61. The van der Waals surface area contributed by atoms with Crippen LogP contribution in [0.25, 0.3) is 0 Å². The van der Waals surface area contributed by atoms with Crippen molar-refractivity contribution in [3.63, 3.8) is 0 Å². The second kappa shape index (κ2) is 6.69. The first-order valence-corrected chi connectivity index (χ1v) is 7.92. The highest BCUT2D eigenvalue weighted by Gasteiger charge is 2.38. The molecule has 5 nitrogen and oxygen atoms in total. The summed E-state index contributed by atoms with van der Waals surface area (Å²) in [5.41, 5.74) is 2.03. The van der Waals surface area contributed by atoms with Gasteiger partial charge in [0.25, 0.3) is 5.91 Å². The van der Waals surface area contributed by atoms with E-state index in [9.17, 15) is 14.4 Å². The van der Waals surface area contributed by atoms with Gasteiger partial charge in [-0.25, -0.2) is 0 Å². The molecule has 2 aromatic rings. The Morgan fingerprint density at radius 1 is 0.885 bits per heavy atom. The maximum atomic E-state index is 12.7. The van der Waals surface area contributed by atoms with Crippen LogP contribution in [0.2, 0.25) is 0 Å². The number of benzene rings is 2. The Hall–Kier alpha value is -3.05. The highest BCUT2D eigenvalue weighted by molar-refractivity contribution is 6.40. The molecule has 0 spiro atoms. The molecule has 0 aromatic heterocycles. The van der Waals surface area contributed by atoms with Crippen LogP contribution in [-0.4, -0.2) is 23.2 Å². The molecule has 26 heavy (non-hydrogen) atoms. The van der Waals surface area contributed by atoms with Crippen LogP contribution in [0.4, 0.5) is 5.69 Å². The second-order valence-corrected chi connectivity index (χ2v) is 5.99. The molecule has 0 saturated heterocycles. The SMILES string of the molecule is CC1=NN(c2ccccc2)C(=O)C1C=C1C(=O)c2ccccc2C1=O.Cl. The van der Waals surface area contributed by atoms with E-state index in [4.69, 9.17) is 0 Å². The molecular weight excluding hydrogens is 352 g/mol. The van der Waals surface area contributed by atoms with Crippen LogP contribution in [0, 0.1) is 5.92 Å². The number of hydrogen-bond acceptors (Lipinski definition) is 4. The third kappa shape index (κ3) is 2.66. The molecule has 1 aliphatic carbocycles. The predicted octanol–water partition coefficient (Wildman–Crippen LogP) is 3.45. The zero-order valence-corrected chi connectivity index (χ0v) is 14.7. The molecule has 1 amide bonds. The molecule has 130 valence electrons. The van der Waals surface area contributed by atoms with Gasteiger partial charge in [-0.1, -0.05) is 48.5 Å². The second-order valence-electron chi connectivity index (χ2n) is 5.99. The predicted molar refractivity (Wildman–Crippen MR) is 101 cm³/mol. The number of hydrazone groups is 1. The first-order chi connectivity index (χ1) is 12.1. The van der Waals surface area contributed by atoms with E-state index in [0.29, 0.717) is 22.5 Å². The fourth-order valence-corrected chi connectivity index (χ4v) is 3.12. The molecule has 1 atom stereocenters. The number of hydrogen-bond donors (Lipinski definition) is 0. The summed E-state index contributed by atoms with van der Waals surface area (Å²) in [6.45, 7) is 1.72. The number of carbonyl (C=O) groups excluding carboxylic acids is 3. The van der Waals surface area contributed by atoms with Crippen molar-refractivity contribution in [2.24, 2.45) is 11.0 Å². The molecule has 4 rings (SSSR count). The summed E-state index contributed by atoms with van der Waals surface area (Å²) in [5.74, 6) is -1.65. The van der Waals surface area contributed by atoms with Crippen LogP contribution >= 0.6 is 12.4 Å². The van der Waals surface area contributed by atoms with Gasteiger partial charge in [-0.2, -0.15) is 10.1 Å². The zero-order chi connectivity index (χ0) is 17.6. The Labute approximate surface area is 156 Å². The number of amides is 1. The number of allylic oxidation sites excluding steroid dienone is 1. The Balaban J connectivity index is 0.00000196. The maximum Gasteiger partial charge on any atom is 0.260 e. The van der Waals surface area contributed by atoms with E-state index in [1.807, 2.05) is 18.2 Å². The number of anilines is 1. The van der Waals surface area contributed by atoms with Crippen molar-refractivity contribution in [1.29, 1.82) is 0 Å². The summed E-state index contributed by atoms with van der Waals surface area (Å²) >= 11 is 0. The van der Waals surface area contributed by atoms with Crippen LogP contribution in [0.3, 0.4) is 0 Å². The highest BCUT2D eigenvalue weighted by atomic mass is 35.5. The molecule has 6 heteroatoms. The molecule has 1 heterocycles. The Bertz CT molecular complexity index is 943. The fourth-order valence-electron chi connectivity index (χ4n) is 3.12. The normalized spacial score (nSPS) is 18.6. The van der Waals surface area contributed by atoms with Gasteiger partial charge >= 0.3 is 0 Å². The lowest BCUT2D eigenvalue weighted by Crippen LogP contribution is -2.26. The van der Waals surface area contributed by atoms with Crippen molar-refractivity contribution in [3.8, 4) is 0 Å². The van der Waals surface area contributed by atoms with Crippen molar-refractivity contribution < 1.29 is 14.4 Å².